The van der Waals surface area contributed by atoms with E-state index in [1.165, 1.54) is 22.3 Å². The summed E-state index contributed by atoms with van der Waals surface area (Å²) in [5.41, 5.74) is 6.18. The maximum atomic E-state index is 6.18. The second-order valence-electron chi connectivity index (χ2n) is 5.71. The third-order valence-electron chi connectivity index (χ3n) is 3.93. The summed E-state index contributed by atoms with van der Waals surface area (Å²) < 4.78 is 0. The van der Waals surface area contributed by atoms with E-state index in [-0.39, 0.29) is 0 Å². The Kier molecular flexibility index (Phi) is 5.44. The number of hydrogen-bond acceptors (Lipinski definition) is 1. The minimum Gasteiger partial charge on any atom is -0.310 e. The van der Waals surface area contributed by atoms with Crippen LogP contribution < -0.4 is 5.32 Å². The molecule has 0 fully saturated rings. The van der Waals surface area contributed by atoms with Crippen LogP contribution in [-0.2, 0) is 0 Å². The fraction of sp³-hybridized carbons (Fsp3) is 0.368. The van der Waals surface area contributed by atoms with Crippen molar-refractivity contribution in [3.8, 4) is 11.1 Å². The lowest BCUT2D eigenvalue weighted by Gasteiger charge is -2.15. The van der Waals surface area contributed by atoms with Crippen LogP contribution in [0.2, 0.25) is 5.02 Å². The first-order valence-corrected chi connectivity index (χ1v) is 8.01. The van der Waals surface area contributed by atoms with Gasteiger partial charge in [-0.3, -0.25) is 0 Å². The van der Waals surface area contributed by atoms with Crippen LogP contribution in [0.4, 0.5) is 0 Å². The largest absolute Gasteiger partial charge is 0.310 e. The molecule has 1 unspecified atom stereocenters. The highest BCUT2D eigenvalue weighted by Gasteiger charge is 2.08. The normalized spacial score (nSPS) is 12.4. The number of hydrogen-bond donors (Lipinski definition) is 1. The van der Waals surface area contributed by atoms with Gasteiger partial charge in [0.15, 0.2) is 0 Å². The molecule has 0 spiro atoms. The van der Waals surface area contributed by atoms with Gasteiger partial charge in [-0.25, -0.2) is 0 Å². The van der Waals surface area contributed by atoms with E-state index >= 15 is 0 Å². The van der Waals surface area contributed by atoms with E-state index in [2.05, 4.69) is 63.3 Å². The van der Waals surface area contributed by atoms with Crippen molar-refractivity contribution < 1.29 is 0 Å². The van der Waals surface area contributed by atoms with Crippen LogP contribution in [0.5, 0.6) is 0 Å². The van der Waals surface area contributed by atoms with E-state index in [1.54, 1.807) is 0 Å². The number of halogens is 1. The molecule has 2 heteroatoms. The van der Waals surface area contributed by atoms with Crippen molar-refractivity contribution in [2.75, 3.05) is 6.54 Å². The van der Waals surface area contributed by atoms with Crippen molar-refractivity contribution in [1.82, 2.24) is 5.32 Å². The van der Waals surface area contributed by atoms with Crippen LogP contribution in [-0.4, -0.2) is 6.54 Å². The fourth-order valence-corrected chi connectivity index (χ4v) is 2.74. The van der Waals surface area contributed by atoms with Gasteiger partial charge in [0.2, 0.25) is 0 Å². The molecule has 1 N–H and O–H groups in total. The zero-order valence-corrected chi connectivity index (χ0v) is 14.1. The molecule has 0 saturated carbocycles. The van der Waals surface area contributed by atoms with Gasteiger partial charge < -0.3 is 5.32 Å². The Bertz CT molecular complexity index is 602. The Hall–Kier alpha value is -1.31. The van der Waals surface area contributed by atoms with Gasteiger partial charge in [0, 0.05) is 11.1 Å². The second-order valence-corrected chi connectivity index (χ2v) is 6.12. The maximum absolute atomic E-state index is 6.18. The van der Waals surface area contributed by atoms with E-state index in [0.29, 0.717) is 6.04 Å². The lowest BCUT2D eigenvalue weighted by molar-refractivity contribution is 0.571. The summed E-state index contributed by atoms with van der Waals surface area (Å²) >= 11 is 6.18. The second kappa shape index (κ2) is 7.11. The van der Waals surface area contributed by atoms with Crippen molar-refractivity contribution in [1.29, 1.82) is 0 Å². The zero-order valence-electron chi connectivity index (χ0n) is 13.3. The minimum absolute atomic E-state index is 0.395. The van der Waals surface area contributed by atoms with Crippen LogP contribution in [0, 0.1) is 13.8 Å². The van der Waals surface area contributed by atoms with Gasteiger partial charge >= 0.3 is 0 Å². The molecule has 0 amide bonds. The average Bonchev–Trinajstić information content (AvgIpc) is 2.48. The van der Waals surface area contributed by atoms with E-state index in [0.717, 1.165) is 23.6 Å². The summed E-state index contributed by atoms with van der Waals surface area (Å²) in [5.74, 6) is 0. The predicted octanol–water partition coefficient (Wildman–Crippen LogP) is 5.68. The van der Waals surface area contributed by atoms with Crippen LogP contribution in [0.15, 0.2) is 36.4 Å². The van der Waals surface area contributed by atoms with Gasteiger partial charge in [-0.15, -0.1) is 0 Å². The molecule has 2 aromatic rings. The summed E-state index contributed by atoms with van der Waals surface area (Å²) in [6, 6.07) is 13.5. The third-order valence-corrected chi connectivity index (χ3v) is 4.34. The molecule has 1 nitrogen and oxygen atoms in total. The summed E-state index contributed by atoms with van der Waals surface area (Å²) in [6.07, 6.45) is 1.16. The Morgan fingerprint density at radius 1 is 1.05 bits per heavy atom. The zero-order chi connectivity index (χ0) is 15.4. The molecule has 21 heavy (non-hydrogen) atoms. The van der Waals surface area contributed by atoms with Gasteiger partial charge in [-0.05, 0) is 73.7 Å². The molecular weight excluding hydrogens is 278 g/mol. The summed E-state index contributed by atoms with van der Waals surface area (Å²) in [6.45, 7) is 9.62. The Morgan fingerprint density at radius 3 is 2.33 bits per heavy atom. The Morgan fingerprint density at radius 2 is 1.71 bits per heavy atom. The molecule has 0 aromatic heterocycles. The van der Waals surface area contributed by atoms with Crippen LogP contribution in [0.25, 0.3) is 11.1 Å². The van der Waals surface area contributed by atoms with Gasteiger partial charge in [0.1, 0.15) is 0 Å². The molecule has 0 bridgehead atoms. The van der Waals surface area contributed by atoms with E-state index in [1.807, 2.05) is 6.07 Å². The molecule has 0 saturated heterocycles. The van der Waals surface area contributed by atoms with Crippen molar-refractivity contribution in [3.63, 3.8) is 0 Å². The predicted molar refractivity (Wildman–Crippen MR) is 93.1 cm³/mol. The molecule has 0 aliphatic heterocycles. The quantitative estimate of drug-likeness (QED) is 0.748. The summed E-state index contributed by atoms with van der Waals surface area (Å²) in [4.78, 5) is 0. The van der Waals surface area contributed by atoms with Crippen molar-refractivity contribution in [3.05, 3.63) is 58.1 Å². The third kappa shape index (κ3) is 3.87. The highest BCUT2D eigenvalue weighted by atomic mass is 35.5. The molecule has 112 valence electrons. The van der Waals surface area contributed by atoms with Crippen molar-refractivity contribution in [2.24, 2.45) is 0 Å². The SMILES string of the molecule is CCCNC(C)c1ccc(-c2cc(C)c(Cl)cc2C)cc1. The van der Waals surface area contributed by atoms with Gasteiger partial charge in [0.25, 0.3) is 0 Å². The highest BCUT2D eigenvalue weighted by molar-refractivity contribution is 6.31. The molecule has 1 atom stereocenters. The van der Waals surface area contributed by atoms with Gasteiger partial charge in [-0.2, -0.15) is 0 Å². The van der Waals surface area contributed by atoms with E-state index in [9.17, 15) is 0 Å². The number of aryl methyl sites for hydroxylation is 2. The number of nitrogens with one attached hydrogen (secondary N) is 1. The minimum atomic E-state index is 0.395. The van der Waals surface area contributed by atoms with Crippen LogP contribution >= 0.6 is 11.6 Å². The molecule has 0 aliphatic rings. The topological polar surface area (TPSA) is 12.0 Å². The van der Waals surface area contributed by atoms with Gasteiger partial charge in [0.05, 0.1) is 0 Å². The van der Waals surface area contributed by atoms with Crippen LogP contribution in [0.3, 0.4) is 0 Å². The molecule has 0 radical (unpaired) electrons. The smallest absolute Gasteiger partial charge is 0.0438 e. The van der Waals surface area contributed by atoms with E-state index in [4.69, 9.17) is 11.6 Å². The first-order chi connectivity index (χ1) is 10.0. The molecular formula is C19H24ClN. The van der Waals surface area contributed by atoms with Crippen molar-refractivity contribution >= 4 is 11.6 Å². The van der Waals surface area contributed by atoms with Gasteiger partial charge in [-0.1, -0.05) is 42.8 Å². The standard InChI is InChI=1S/C19H24ClN/c1-5-10-21-15(4)16-6-8-17(9-7-16)18-11-14(3)19(20)12-13(18)2/h6-9,11-12,15,21H,5,10H2,1-4H3. The summed E-state index contributed by atoms with van der Waals surface area (Å²) in [7, 11) is 0. The molecule has 0 heterocycles. The molecule has 2 rings (SSSR count). The Balaban J connectivity index is 2.25. The molecule has 0 aliphatic carbocycles. The maximum Gasteiger partial charge on any atom is 0.0438 e. The number of rotatable bonds is 5. The first-order valence-electron chi connectivity index (χ1n) is 7.63. The fourth-order valence-electron chi connectivity index (χ4n) is 2.52. The molecule has 2 aromatic carbocycles. The van der Waals surface area contributed by atoms with Crippen LogP contribution in [0.1, 0.15) is 43.0 Å². The highest BCUT2D eigenvalue weighted by Crippen LogP contribution is 2.29. The average molecular weight is 302 g/mol. The van der Waals surface area contributed by atoms with Crippen molar-refractivity contribution in [2.45, 2.75) is 40.2 Å². The van der Waals surface area contributed by atoms with E-state index < -0.39 is 0 Å². The number of benzene rings is 2. The first kappa shape index (κ1) is 16.1. The lowest BCUT2D eigenvalue weighted by Crippen LogP contribution is -2.19. The summed E-state index contributed by atoms with van der Waals surface area (Å²) in [5, 5.41) is 4.36. The Labute approximate surface area is 133 Å². The monoisotopic (exact) mass is 301 g/mol. The lowest BCUT2D eigenvalue weighted by atomic mass is 9.96.